The van der Waals surface area contributed by atoms with Gasteiger partial charge < -0.3 is 41.6 Å². The van der Waals surface area contributed by atoms with Crippen LogP contribution >= 0.6 is 11.3 Å². The van der Waals surface area contributed by atoms with E-state index < -0.39 is 112 Å². The Morgan fingerprint density at radius 2 is 1.59 bits per heavy atom. The van der Waals surface area contributed by atoms with Gasteiger partial charge in [0.15, 0.2) is 0 Å². The van der Waals surface area contributed by atoms with E-state index in [4.69, 9.17) is 0 Å². The molecule has 0 spiro atoms. The summed E-state index contributed by atoms with van der Waals surface area (Å²) < 4.78 is 35.3. The predicted molar refractivity (Wildman–Crippen MR) is 205 cm³/mol. The van der Waals surface area contributed by atoms with Crippen molar-refractivity contribution in [2.24, 2.45) is 5.92 Å². The summed E-state index contributed by atoms with van der Waals surface area (Å²) in [6.07, 6.45) is 2.80. The van der Waals surface area contributed by atoms with E-state index in [1.165, 1.54) is 30.5 Å². The van der Waals surface area contributed by atoms with Crippen LogP contribution in [0.2, 0.25) is 0 Å². The molecular formula is C36H45N8O12S2-. The Bertz CT molecular complexity index is 2060. The van der Waals surface area contributed by atoms with Gasteiger partial charge in [0.25, 0.3) is 11.8 Å². The second kappa shape index (κ2) is 19.6. The number of benzene rings is 1. The number of imide groups is 1. The Morgan fingerprint density at radius 3 is 2.19 bits per heavy atom. The molecule has 8 amide bonds. The van der Waals surface area contributed by atoms with Crippen LogP contribution in [0.5, 0.6) is 5.75 Å². The van der Waals surface area contributed by atoms with Gasteiger partial charge in [0.1, 0.15) is 34.9 Å². The number of hydrogen-bond acceptors (Lipinski definition) is 14. The SMILES string of the molecule is CCC[C@@H]1NC(=O)[C@@H](N2C(=O)N[C@@H](C)C2=O)CNC(=O)[C@H](CS(=O)(=O)[O-])NC(=O)/C=C/c2csc(n2)[C@H](Cc2ccc(O)cc2)NC(=O)C(=O)[C@H]([C@@H](C)CC)NC1=O. The number of Topliss-reactive ketones (excluding diaryl/α,β-unsaturated/α-hetero) is 1. The normalized spacial score (nSPS) is 25.6. The number of phenols is 1. The van der Waals surface area contributed by atoms with Crippen LogP contribution in [0.25, 0.3) is 6.08 Å². The number of nitrogens with one attached hydrogen (secondary N) is 6. The molecule has 1 saturated heterocycles. The van der Waals surface area contributed by atoms with Crippen molar-refractivity contribution < 1.29 is 56.4 Å². The van der Waals surface area contributed by atoms with E-state index in [-0.39, 0.29) is 29.3 Å². The number of rotatable bonds is 9. The van der Waals surface area contributed by atoms with Gasteiger partial charge in [-0.05, 0) is 49.5 Å². The fraction of sp³-hybridized carbons (Fsp3) is 0.472. The van der Waals surface area contributed by atoms with E-state index >= 15 is 0 Å². The maximum atomic E-state index is 13.9. The number of ketones is 1. The molecule has 1 fully saturated rings. The van der Waals surface area contributed by atoms with Gasteiger partial charge in [-0.2, -0.15) is 0 Å². The maximum absolute atomic E-state index is 13.9. The summed E-state index contributed by atoms with van der Waals surface area (Å²) in [5.41, 5.74) is 0.807. The summed E-state index contributed by atoms with van der Waals surface area (Å²) in [5, 5.41) is 26.0. The predicted octanol–water partition coefficient (Wildman–Crippen LogP) is -0.884. The highest BCUT2D eigenvalue weighted by molar-refractivity contribution is 7.85. The highest BCUT2D eigenvalue weighted by Gasteiger charge is 2.44. The lowest BCUT2D eigenvalue weighted by molar-refractivity contribution is -0.142. The van der Waals surface area contributed by atoms with Crippen LogP contribution < -0.4 is 31.9 Å². The van der Waals surface area contributed by atoms with E-state index in [2.05, 4.69) is 36.9 Å². The number of hydrogen-bond donors (Lipinski definition) is 7. The molecule has 7 N–H and O–H groups in total. The fourth-order valence-corrected chi connectivity index (χ4v) is 7.55. The average Bonchev–Trinajstić information content (AvgIpc) is 3.74. The summed E-state index contributed by atoms with van der Waals surface area (Å²) in [4.78, 5) is 113. The number of amides is 8. The van der Waals surface area contributed by atoms with Gasteiger partial charge in [-0.3, -0.25) is 33.6 Å². The largest absolute Gasteiger partial charge is 0.748 e. The molecule has 22 heteroatoms. The first kappa shape index (κ1) is 45.0. The van der Waals surface area contributed by atoms with E-state index in [0.29, 0.717) is 23.3 Å². The number of thiazole rings is 1. The zero-order valence-electron chi connectivity index (χ0n) is 32.0. The highest BCUT2D eigenvalue weighted by Crippen LogP contribution is 2.25. The van der Waals surface area contributed by atoms with Gasteiger partial charge in [0.05, 0.1) is 33.6 Å². The summed E-state index contributed by atoms with van der Waals surface area (Å²) in [6.45, 7) is 5.55. The summed E-state index contributed by atoms with van der Waals surface area (Å²) >= 11 is 1.06. The van der Waals surface area contributed by atoms with Crippen LogP contribution in [0.4, 0.5) is 4.79 Å². The topological polar surface area (TPSA) is 302 Å². The Morgan fingerprint density at radius 1 is 0.897 bits per heavy atom. The molecule has 0 aliphatic carbocycles. The molecule has 0 saturated carbocycles. The van der Waals surface area contributed by atoms with E-state index in [1.54, 1.807) is 32.9 Å². The van der Waals surface area contributed by atoms with Gasteiger partial charge in [-0.25, -0.2) is 23.1 Å². The minimum atomic E-state index is -5.15. The third-order valence-corrected chi connectivity index (χ3v) is 11.1. The first-order valence-corrected chi connectivity index (χ1v) is 20.8. The third kappa shape index (κ3) is 11.9. The lowest BCUT2D eigenvalue weighted by atomic mass is 9.94. The number of fused-ring (bicyclic) bond motifs is 2. The van der Waals surface area contributed by atoms with Crippen LogP contribution in [0.15, 0.2) is 35.7 Å². The fourth-order valence-electron chi connectivity index (χ4n) is 6.07. The van der Waals surface area contributed by atoms with Crippen molar-refractivity contribution in [3.8, 4) is 5.75 Å². The van der Waals surface area contributed by atoms with Crippen molar-refractivity contribution in [3.05, 3.63) is 52.0 Å². The monoisotopic (exact) mass is 845 g/mol. The average molecular weight is 846 g/mol. The molecule has 2 bridgehead atoms. The molecular weight excluding hydrogens is 801 g/mol. The molecule has 20 nitrogen and oxygen atoms in total. The van der Waals surface area contributed by atoms with Crippen molar-refractivity contribution >= 4 is 74.8 Å². The minimum Gasteiger partial charge on any atom is -0.748 e. The third-order valence-electron chi connectivity index (χ3n) is 9.41. The van der Waals surface area contributed by atoms with Crippen LogP contribution in [0, 0.1) is 5.92 Å². The van der Waals surface area contributed by atoms with Crippen molar-refractivity contribution in [1.82, 2.24) is 41.8 Å². The van der Waals surface area contributed by atoms with Gasteiger partial charge >= 0.3 is 6.03 Å². The Hall–Kier alpha value is -5.74. The second-order valence-electron chi connectivity index (χ2n) is 13.9. The first-order valence-electron chi connectivity index (χ1n) is 18.3. The van der Waals surface area contributed by atoms with E-state index in [1.807, 2.05) is 0 Å². The first-order chi connectivity index (χ1) is 27.3. The molecule has 3 heterocycles. The van der Waals surface area contributed by atoms with E-state index in [9.17, 15) is 56.4 Å². The van der Waals surface area contributed by atoms with E-state index in [0.717, 1.165) is 17.4 Å². The molecule has 0 radical (unpaired) electrons. The smallest absolute Gasteiger partial charge is 0.325 e. The van der Waals surface area contributed by atoms with Gasteiger partial charge in [-0.1, -0.05) is 45.7 Å². The lowest BCUT2D eigenvalue weighted by Gasteiger charge is -2.29. The molecule has 7 atom stereocenters. The Labute approximate surface area is 337 Å². The van der Waals surface area contributed by atoms with Crippen molar-refractivity contribution in [3.63, 3.8) is 0 Å². The molecule has 314 valence electrons. The van der Waals surface area contributed by atoms with Gasteiger partial charge in [0, 0.05) is 18.0 Å². The quantitative estimate of drug-likeness (QED) is 0.0918. The molecule has 2 aromatic rings. The summed E-state index contributed by atoms with van der Waals surface area (Å²) in [5.74, 6) is -9.26. The number of carbonyl (C=O) groups is 8. The standard InChI is InChI=1S/C36H46N8O12S2/c1-5-7-23-31(49)43-28(18(3)6-2)29(47)33(51)42-24(14-20-8-11-22(45)12-9-20)34-39-21(16-57-34)10-13-27(46)40-25(17-58(54,55)56)30(48)37-15-26(32(50)41-23)44-35(52)19(4)38-36(44)53/h8-13,16,18-19,23-26,28,45H,5-7,14-15,17H2,1-4H3,(H,37,48)(H,38,53)(H,40,46)(H,41,50)(H,42,51)(H,43,49)(H,54,55,56)/p-1/b13-10+/t18-,19-,23-,24-,25-,26-,28-/m0/s1. The Balaban J connectivity index is 1.78. The van der Waals surface area contributed by atoms with Crippen LogP contribution in [0.1, 0.15) is 69.3 Å². The number of aromatic hydroxyl groups is 1. The summed E-state index contributed by atoms with van der Waals surface area (Å²) in [7, 11) is -5.15. The van der Waals surface area contributed by atoms with Crippen molar-refractivity contribution in [2.75, 3.05) is 12.3 Å². The number of nitrogens with zero attached hydrogens (tertiary/aromatic N) is 2. The minimum absolute atomic E-state index is 0.0112. The number of phenolic OH excluding ortho intramolecular Hbond substituents is 1. The molecule has 0 unspecified atom stereocenters. The summed E-state index contributed by atoms with van der Waals surface area (Å²) in [6, 6.07) is -3.63. The van der Waals surface area contributed by atoms with Crippen LogP contribution in [-0.4, -0.2) is 118 Å². The molecule has 2 aliphatic heterocycles. The van der Waals surface area contributed by atoms with Gasteiger partial charge in [-0.15, -0.1) is 11.3 Å². The Kier molecular flexibility index (Phi) is 15.2. The number of urea groups is 1. The molecule has 1 aromatic heterocycles. The zero-order chi connectivity index (χ0) is 42.9. The highest BCUT2D eigenvalue weighted by atomic mass is 32.2. The second-order valence-corrected chi connectivity index (χ2v) is 16.2. The van der Waals surface area contributed by atoms with Crippen LogP contribution in [0.3, 0.4) is 0 Å². The zero-order valence-corrected chi connectivity index (χ0v) is 33.6. The lowest BCUT2D eigenvalue weighted by Crippen LogP contribution is -2.61. The molecule has 58 heavy (non-hydrogen) atoms. The number of carbonyl (C=O) groups excluding carboxylic acids is 8. The van der Waals surface area contributed by atoms with Crippen molar-refractivity contribution in [2.45, 2.75) is 89.6 Å². The molecule has 4 rings (SSSR count). The molecule has 1 aromatic carbocycles. The van der Waals surface area contributed by atoms with Gasteiger partial charge in [0.2, 0.25) is 29.4 Å². The molecule has 2 aliphatic rings. The maximum Gasteiger partial charge on any atom is 0.325 e. The number of aromatic nitrogens is 1. The van der Waals surface area contributed by atoms with Crippen molar-refractivity contribution in [1.29, 1.82) is 0 Å². The van der Waals surface area contributed by atoms with Crippen LogP contribution in [-0.2, 0) is 50.1 Å².